The van der Waals surface area contributed by atoms with E-state index in [-0.39, 0.29) is 10.7 Å². The third-order valence-corrected chi connectivity index (χ3v) is 2.20. The molecule has 0 heterocycles. The number of hydrogen-bond acceptors (Lipinski definition) is 3. The maximum absolute atomic E-state index is 10.6. The van der Waals surface area contributed by atoms with Crippen LogP contribution < -0.4 is 4.74 Å². The van der Waals surface area contributed by atoms with Gasteiger partial charge in [-0.25, -0.2) is 0 Å². The second-order valence-corrected chi connectivity index (χ2v) is 3.48. The topological polar surface area (TPSA) is 52.4 Å². The van der Waals surface area contributed by atoms with Crippen LogP contribution in [0.2, 0.25) is 5.02 Å². The summed E-state index contributed by atoms with van der Waals surface area (Å²) < 4.78 is 5.33. The van der Waals surface area contributed by atoms with Crippen LogP contribution in [0.5, 0.6) is 5.75 Å². The first-order valence-corrected chi connectivity index (χ1v) is 5.09. The molecule has 5 heteroatoms. The van der Waals surface area contributed by atoms with E-state index in [9.17, 15) is 10.1 Å². The Labute approximate surface area is 93.0 Å². The summed E-state index contributed by atoms with van der Waals surface area (Å²) in [5.74, 6) is 0.486. The first kappa shape index (κ1) is 11.8. The Balaban J connectivity index is 2.74. The highest BCUT2D eigenvalue weighted by Gasteiger charge is 2.12. The van der Waals surface area contributed by atoms with Gasteiger partial charge in [0.1, 0.15) is 10.8 Å². The lowest BCUT2D eigenvalue weighted by Gasteiger charge is -2.05. The van der Waals surface area contributed by atoms with Crippen LogP contribution >= 0.6 is 11.6 Å². The predicted molar refractivity (Wildman–Crippen MR) is 58.5 cm³/mol. The zero-order valence-electron chi connectivity index (χ0n) is 8.40. The highest BCUT2D eigenvalue weighted by Crippen LogP contribution is 2.28. The first-order valence-electron chi connectivity index (χ1n) is 4.72. The van der Waals surface area contributed by atoms with Gasteiger partial charge in [-0.3, -0.25) is 10.1 Å². The van der Waals surface area contributed by atoms with Crippen molar-refractivity contribution in [2.24, 2.45) is 0 Å². The molecule has 1 aromatic carbocycles. The van der Waals surface area contributed by atoms with Gasteiger partial charge >= 0.3 is 0 Å². The maximum Gasteiger partial charge on any atom is 0.291 e. The van der Waals surface area contributed by atoms with Crippen molar-refractivity contribution in [1.82, 2.24) is 0 Å². The average molecular weight is 230 g/mol. The van der Waals surface area contributed by atoms with Crippen molar-refractivity contribution in [2.75, 3.05) is 6.61 Å². The molecule has 0 amide bonds. The van der Waals surface area contributed by atoms with Gasteiger partial charge in [-0.2, -0.15) is 0 Å². The summed E-state index contributed by atoms with van der Waals surface area (Å²) in [6.45, 7) is 2.61. The quantitative estimate of drug-likeness (QED) is 0.442. The molecular weight excluding hydrogens is 218 g/mol. The number of ether oxygens (including phenoxy) is 1. The summed E-state index contributed by atoms with van der Waals surface area (Å²) in [4.78, 5) is 10.1. The zero-order valence-corrected chi connectivity index (χ0v) is 9.16. The fraction of sp³-hybridized carbons (Fsp3) is 0.400. The van der Waals surface area contributed by atoms with E-state index in [1.165, 1.54) is 12.1 Å². The van der Waals surface area contributed by atoms with Gasteiger partial charge < -0.3 is 4.74 Å². The van der Waals surface area contributed by atoms with Crippen LogP contribution in [0, 0.1) is 10.1 Å². The molecule has 0 saturated carbocycles. The fourth-order valence-corrected chi connectivity index (χ4v) is 1.24. The molecule has 0 fully saturated rings. The molecule has 82 valence electrons. The van der Waals surface area contributed by atoms with Crippen LogP contribution in [0.15, 0.2) is 18.2 Å². The highest BCUT2D eigenvalue weighted by molar-refractivity contribution is 6.32. The highest BCUT2D eigenvalue weighted by atomic mass is 35.5. The predicted octanol–water partition coefficient (Wildman–Crippen LogP) is 3.43. The first-order chi connectivity index (χ1) is 7.15. The number of nitro benzene ring substituents is 1. The van der Waals surface area contributed by atoms with Crippen LogP contribution in [0.25, 0.3) is 0 Å². The van der Waals surface area contributed by atoms with Gasteiger partial charge in [0.25, 0.3) is 5.69 Å². The minimum absolute atomic E-state index is 0.120. The molecule has 4 nitrogen and oxygen atoms in total. The lowest BCUT2D eigenvalue weighted by molar-refractivity contribution is -0.384. The van der Waals surface area contributed by atoms with Crippen molar-refractivity contribution in [3.8, 4) is 5.75 Å². The van der Waals surface area contributed by atoms with Crippen molar-refractivity contribution in [3.05, 3.63) is 33.3 Å². The number of nitrogens with zero attached hydrogens (tertiary/aromatic N) is 1. The van der Waals surface area contributed by atoms with Crippen LogP contribution in [0.4, 0.5) is 5.69 Å². The molecule has 0 radical (unpaired) electrons. The number of halogens is 1. The standard InChI is InChI=1S/C10H12ClNO3/c1-2-3-6-15-8-4-5-9(11)10(7-8)12(13)14/h4-5,7H,2-3,6H2,1H3. The number of hydrogen-bond donors (Lipinski definition) is 0. The van der Waals surface area contributed by atoms with Crippen LogP contribution in [-0.2, 0) is 0 Å². The largest absolute Gasteiger partial charge is 0.493 e. The molecule has 15 heavy (non-hydrogen) atoms. The van der Waals surface area contributed by atoms with Gasteiger partial charge in [-0.15, -0.1) is 0 Å². The molecule has 0 N–H and O–H groups in total. The third-order valence-electron chi connectivity index (χ3n) is 1.88. The number of nitro groups is 1. The van der Waals surface area contributed by atoms with Gasteiger partial charge in [0, 0.05) is 0 Å². The van der Waals surface area contributed by atoms with E-state index >= 15 is 0 Å². The second kappa shape index (κ2) is 5.56. The van der Waals surface area contributed by atoms with E-state index in [4.69, 9.17) is 16.3 Å². The molecule has 0 aliphatic heterocycles. The van der Waals surface area contributed by atoms with E-state index in [1.54, 1.807) is 6.07 Å². The molecule has 0 aliphatic rings. The fourth-order valence-electron chi connectivity index (χ4n) is 1.06. The summed E-state index contributed by atoms with van der Waals surface area (Å²) in [7, 11) is 0. The smallest absolute Gasteiger partial charge is 0.291 e. The zero-order chi connectivity index (χ0) is 11.3. The summed E-state index contributed by atoms with van der Waals surface area (Å²) in [6.07, 6.45) is 1.95. The Morgan fingerprint density at radius 1 is 1.53 bits per heavy atom. The van der Waals surface area contributed by atoms with Crippen LogP contribution in [0.1, 0.15) is 19.8 Å². The summed E-state index contributed by atoms with van der Waals surface area (Å²) in [6, 6.07) is 4.45. The van der Waals surface area contributed by atoms with E-state index in [2.05, 4.69) is 0 Å². The van der Waals surface area contributed by atoms with Crippen molar-refractivity contribution in [3.63, 3.8) is 0 Å². The maximum atomic E-state index is 10.6. The normalized spacial score (nSPS) is 10.0. The lowest BCUT2D eigenvalue weighted by atomic mass is 10.3. The number of rotatable bonds is 5. The Morgan fingerprint density at radius 3 is 2.87 bits per heavy atom. The molecule has 0 aromatic heterocycles. The molecule has 0 spiro atoms. The van der Waals surface area contributed by atoms with E-state index in [0.717, 1.165) is 12.8 Å². The number of unbranched alkanes of at least 4 members (excludes halogenated alkanes) is 1. The van der Waals surface area contributed by atoms with E-state index in [0.29, 0.717) is 12.4 Å². The monoisotopic (exact) mass is 229 g/mol. The molecule has 0 atom stereocenters. The van der Waals surface area contributed by atoms with Crippen molar-refractivity contribution >= 4 is 17.3 Å². The third kappa shape index (κ3) is 3.40. The summed E-state index contributed by atoms with van der Waals surface area (Å²) in [5, 5.41) is 10.7. The minimum atomic E-state index is -0.519. The van der Waals surface area contributed by atoms with Crippen LogP contribution in [0.3, 0.4) is 0 Å². The molecular formula is C10H12ClNO3. The van der Waals surface area contributed by atoms with Crippen molar-refractivity contribution in [2.45, 2.75) is 19.8 Å². The van der Waals surface area contributed by atoms with Gasteiger partial charge in [0.2, 0.25) is 0 Å². The van der Waals surface area contributed by atoms with Gasteiger partial charge in [-0.05, 0) is 18.6 Å². The average Bonchev–Trinajstić information content (AvgIpc) is 2.20. The van der Waals surface area contributed by atoms with Crippen molar-refractivity contribution < 1.29 is 9.66 Å². The molecule has 0 bridgehead atoms. The van der Waals surface area contributed by atoms with Gasteiger partial charge in [-0.1, -0.05) is 24.9 Å². The van der Waals surface area contributed by atoms with Crippen molar-refractivity contribution in [1.29, 1.82) is 0 Å². The molecule has 0 aliphatic carbocycles. The van der Waals surface area contributed by atoms with Gasteiger partial charge in [0.05, 0.1) is 17.6 Å². The number of benzene rings is 1. The summed E-state index contributed by atoms with van der Waals surface area (Å²) in [5.41, 5.74) is -0.120. The second-order valence-electron chi connectivity index (χ2n) is 3.07. The van der Waals surface area contributed by atoms with E-state index < -0.39 is 4.92 Å². The summed E-state index contributed by atoms with van der Waals surface area (Å²) >= 11 is 5.66. The minimum Gasteiger partial charge on any atom is -0.493 e. The van der Waals surface area contributed by atoms with Gasteiger partial charge in [0.15, 0.2) is 0 Å². The van der Waals surface area contributed by atoms with E-state index in [1.807, 2.05) is 6.92 Å². The molecule has 0 saturated heterocycles. The molecule has 1 rings (SSSR count). The Kier molecular flexibility index (Phi) is 4.37. The SMILES string of the molecule is CCCCOc1ccc(Cl)c([N+](=O)[O-])c1. The Bertz CT molecular complexity index is 355. The van der Waals surface area contributed by atoms with Crippen LogP contribution in [-0.4, -0.2) is 11.5 Å². The molecule has 1 aromatic rings. The lowest BCUT2D eigenvalue weighted by Crippen LogP contribution is -1.97. The Hall–Kier alpha value is -1.29. The molecule has 0 unspecified atom stereocenters. The Morgan fingerprint density at radius 2 is 2.27 bits per heavy atom.